The average molecular weight is 483 g/mol. The van der Waals surface area contributed by atoms with E-state index in [2.05, 4.69) is 92.1 Å². The van der Waals surface area contributed by atoms with Crippen molar-refractivity contribution >= 4 is 11.3 Å². The number of H-pyrrole nitrogens is 2. The third-order valence-corrected chi connectivity index (χ3v) is 8.29. The number of aromatic amines is 2. The fourth-order valence-corrected chi connectivity index (χ4v) is 6.04. The van der Waals surface area contributed by atoms with E-state index in [4.69, 9.17) is 0 Å². The summed E-state index contributed by atoms with van der Waals surface area (Å²) < 4.78 is 0. The van der Waals surface area contributed by atoms with Gasteiger partial charge in [0.1, 0.15) is 11.6 Å². The Balaban J connectivity index is 1.13. The highest BCUT2D eigenvalue weighted by molar-refractivity contribution is 7.16. The van der Waals surface area contributed by atoms with Crippen molar-refractivity contribution in [3.8, 4) is 33.7 Å². The summed E-state index contributed by atoms with van der Waals surface area (Å²) in [5.74, 6) is 8.77. The summed E-state index contributed by atoms with van der Waals surface area (Å²) in [5, 5.41) is 0. The summed E-state index contributed by atoms with van der Waals surface area (Å²) >= 11 is 1.70. The maximum atomic E-state index is 4.65. The Labute approximate surface area is 210 Å². The molecule has 5 heterocycles. The molecule has 2 fully saturated rings. The van der Waals surface area contributed by atoms with Gasteiger partial charge in [0.05, 0.1) is 45.6 Å². The zero-order valence-corrected chi connectivity index (χ0v) is 21.0. The topological polar surface area (TPSA) is 63.8 Å². The quantitative estimate of drug-likeness (QED) is 0.379. The molecular formula is C28H30N6S. The molecule has 0 amide bonds. The minimum Gasteiger partial charge on any atom is -0.341 e. The van der Waals surface area contributed by atoms with Crippen LogP contribution in [0.5, 0.6) is 0 Å². The molecule has 7 heteroatoms. The third-order valence-electron chi connectivity index (χ3n) is 7.26. The van der Waals surface area contributed by atoms with Crippen LogP contribution in [0.2, 0.25) is 0 Å². The fourth-order valence-electron chi connectivity index (χ4n) is 5.21. The molecule has 1 aromatic carbocycles. The van der Waals surface area contributed by atoms with Gasteiger partial charge in [0.2, 0.25) is 0 Å². The van der Waals surface area contributed by atoms with Gasteiger partial charge in [-0.1, -0.05) is 24.0 Å². The van der Waals surface area contributed by atoms with Crippen LogP contribution in [-0.4, -0.2) is 56.9 Å². The van der Waals surface area contributed by atoms with Gasteiger partial charge in [0.15, 0.2) is 0 Å². The van der Waals surface area contributed by atoms with Gasteiger partial charge in [-0.05, 0) is 82.7 Å². The van der Waals surface area contributed by atoms with Crippen molar-refractivity contribution in [1.29, 1.82) is 0 Å². The van der Waals surface area contributed by atoms with E-state index >= 15 is 0 Å². The highest BCUT2D eigenvalue weighted by Gasteiger charge is 2.26. The number of nitrogens with one attached hydrogen (secondary N) is 2. The smallest absolute Gasteiger partial charge is 0.123 e. The Morgan fingerprint density at radius 3 is 2.06 bits per heavy atom. The van der Waals surface area contributed by atoms with Crippen LogP contribution in [0.1, 0.15) is 59.9 Å². The molecule has 6 rings (SSSR count). The molecule has 0 saturated carbocycles. The molecule has 0 radical (unpaired) electrons. The molecule has 2 aliphatic heterocycles. The molecule has 3 aromatic heterocycles. The lowest BCUT2D eigenvalue weighted by Gasteiger charge is -2.16. The summed E-state index contributed by atoms with van der Waals surface area (Å²) in [6, 6.07) is 13.4. The first-order valence-electron chi connectivity index (χ1n) is 12.4. The number of nitrogens with zero attached hydrogens (tertiary/aromatic N) is 4. The number of thiophene rings is 1. The van der Waals surface area contributed by atoms with Gasteiger partial charge in [-0.25, -0.2) is 9.97 Å². The Morgan fingerprint density at radius 1 is 0.800 bits per heavy atom. The van der Waals surface area contributed by atoms with Crippen LogP contribution in [0, 0.1) is 11.8 Å². The highest BCUT2D eigenvalue weighted by Crippen LogP contribution is 2.32. The lowest BCUT2D eigenvalue weighted by Crippen LogP contribution is -2.18. The van der Waals surface area contributed by atoms with Crippen LogP contribution >= 0.6 is 11.3 Å². The molecular weight excluding hydrogens is 452 g/mol. The van der Waals surface area contributed by atoms with E-state index in [9.17, 15) is 0 Å². The first kappa shape index (κ1) is 22.3. The number of hydrogen-bond acceptors (Lipinski definition) is 5. The van der Waals surface area contributed by atoms with Crippen LogP contribution in [0.3, 0.4) is 0 Å². The molecule has 2 N–H and O–H groups in total. The fraction of sp³-hybridized carbons (Fsp3) is 0.357. The van der Waals surface area contributed by atoms with Crippen molar-refractivity contribution in [3.63, 3.8) is 0 Å². The summed E-state index contributed by atoms with van der Waals surface area (Å²) in [6.07, 6.45) is 8.70. The molecule has 0 spiro atoms. The molecule has 0 bridgehead atoms. The van der Waals surface area contributed by atoms with Crippen LogP contribution in [0.25, 0.3) is 21.8 Å². The molecule has 2 atom stereocenters. The van der Waals surface area contributed by atoms with Crippen molar-refractivity contribution in [1.82, 2.24) is 29.7 Å². The van der Waals surface area contributed by atoms with Gasteiger partial charge < -0.3 is 9.97 Å². The highest BCUT2D eigenvalue weighted by atomic mass is 32.1. The van der Waals surface area contributed by atoms with E-state index in [1.54, 1.807) is 11.3 Å². The molecule has 35 heavy (non-hydrogen) atoms. The number of aromatic nitrogens is 4. The Kier molecular flexibility index (Phi) is 6.03. The SMILES string of the molecule is CN1CCC[C@@H]1c1ncc(-c2ccc(C#Cc3ccc(-c4cnc([C@H]5CCCN5C)[nH]4)s3)cc2)[nH]1. The van der Waals surface area contributed by atoms with E-state index < -0.39 is 0 Å². The lowest BCUT2D eigenvalue weighted by atomic mass is 10.1. The zero-order chi connectivity index (χ0) is 23.8. The van der Waals surface area contributed by atoms with Crippen LogP contribution in [-0.2, 0) is 0 Å². The van der Waals surface area contributed by atoms with Gasteiger partial charge in [-0.2, -0.15) is 0 Å². The van der Waals surface area contributed by atoms with Gasteiger partial charge in [0.25, 0.3) is 0 Å². The number of rotatable bonds is 4. The first-order chi connectivity index (χ1) is 17.1. The van der Waals surface area contributed by atoms with E-state index in [1.165, 1.54) is 30.6 Å². The summed E-state index contributed by atoms with van der Waals surface area (Å²) in [6.45, 7) is 2.28. The lowest BCUT2D eigenvalue weighted by molar-refractivity contribution is 0.307. The minimum atomic E-state index is 0.405. The monoisotopic (exact) mass is 482 g/mol. The number of benzene rings is 1. The van der Waals surface area contributed by atoms with E-state index in [0.717, 1.165) is 52.1 Å². The number of likely N-dealkylation sites (tertiary alicyclic amines) is 2. The van der Waals surface area contributed by atoms with Crippen molar-refractivity contribution in [2.75, 3.05) is 27.2 Å². The van der Waals surface area contributed by atoms with Crippen molar-refractivity contribution in [2.45, 2.75) is 37.8 Å². The molecule has 0 aliphatic carbocycles. The Morgan fingerprint density at radius 2 is 1.43 bits per heavy atom. The predicted octanol–water partition coefficient (Wildman–Crippen LogP) is 5.46. The normalized spacial score (nSPS) is 20.9. The van der Waals surface area contributed by atoms with Crippen LogP contribution in [0.4, 0.5) is 0 Å². The molecule has 2 aliphatic rings. The van der Waals surface area contributed by atoms with Crippen molar-refractivity contribution in [2.24, 2.45) is 0 Å². The van der Waals surface area contributed by atoms with Crippen LogP contribution < -0.4 is 0 Å². The first-order valence-corrected chi connectivity index (χ1v) is 13.2. The second-order valence-corrected chi connectivity index (χ2v) is 10.7. The van der Waals surface area contributed by atoms with Gasteiger partial charge >= 0.3 is 0 Å². The Bertz CT molecular complexity index is 1370. The van der Waals surface area contributed by atoms with Crippen molar-refractivity contribution < 1.29 is 0 Å². The summed E-state index contributed by atoms with van der Waals surface area (Å²) in [4.78, 5) is 23.3. The summed E-state index contributed by atoms with van der Waals surface area (Å²) in [5.41, 5.74) is 4.28. The third kappa shape index (κ3) is 4.57. The zero-order valence-electron chi connectivity index (χ0n) is 20.2. The van der Waals surface area contributed by atoms with Gasteiger partial charge in [-0.3, -0.25) is 9.80 Å². The average Bonchev–Trinajstić information content (AvgIpc) is 3.68. The van der Waals surface area contributed by atoms with E-state index in [-0.39, 0.29) is 0 Å². The second-order valence-electron chi connectivity index (χ2n) is 9.63. The predicted molar refractivity (Wildman–Crippen MR) is 141 cm³/mol. The molecule has 2 saturated heterocycles. The van der Waals surface area contributed by atoms with Gasteiger partial charge in [-0.15, -0.1) is 11.3 Å². The maximum absolute atomic E-state index is 4.65. The van der Waals surface area contributed by atoms with Gasteiger partial charge in [0, 0.05) is 5.56 Å². The molecule has 4 aromatic rings. The Hall–Kier alpha value is -3.18. The van der Waals surface area contributed by atoms with E-state index in [1.807, 2.05) is 12.4 Å². The van der Waals surface area contributed by atoms with Crippen LogP contribution in [0.15, 0.2) is 48.8 Å². The maximum Gasteiger partial charge on any atom is 0.123 e. The molecule has 178 valence electrons. The standard InChI is InChI=1S/C28H30N6S/c1-33-15-3-5-24(33)27-29-17-22(31-27)20-10-7-19(8-11-20)9-12-21-13-14-26(35-21)23-18-30-28(32-23)25-6-4-16-34(25)2/h7-8,10-11,13-14,17-18,24-25H,3-6,15-16H2,1-2H3,(H,29,31)(H,30,32)/t24-,25-/m1/s1. The number of hydrogen-bond donors (Lipinski definition) is 2. The summed E-state index contributed by atoms with van der Waals surface area (Å²) in [7, 11) is 4.35. The molecule has 0 unspecified atom stereocenters. The number of imidazole rings is 2. The minimum absolute atomic E-state index is 0.405. The van der Waals surface area contributed by atoms with E-state index in [0.29, 0.717) is 12.1 Å². The second kappa shape index (κ2) is 9.46. The van der Waals surface area contributed by atoms with Crippen molar-refractivity contribution in [3.05, 3.63) is 70.9 Å². The largest absolute Gasteiger partial charge is 0.341 e. The molecule has 6 nitrogen and oxygen atoms in total.